The molecule has 3 rings (SSSR count). The van der Waals surface area contributed by atoms with E-state index in [-0.39, 0.29) is 24.0 Å². The molecule has 27 heavy (non-hydrogen) atoms. The Labute approximate surface area is 180 Å². The average Bonchev–Trinajstić information content (AvgIpc) is 3.55. The Kier molecular flexibility index (Phi) is 9.61. The zero-order valence-electron chi connectivity index (χ0n) is 16.5. The minimum atomic E-state index is 0. The second-order valence-corrected chi connectivity index (χ2v) is 7.37. The topological polar surface area (TPSA) is 59.0 Å². The van der Waals surface area contributed by atoms with Gasteiger partial charge < -0.3 is 19.7 Å². The fourth-order valence-electron chi connectivity index (χ4n) is 2.59. The number of hydrogen-bond donors (Lipinski definition) is 1. The summed E-state index contributed by atoms with van der Waals surface area (Å²) in [5, 5.41) is 3.35. The van der Waals surface area contributed by atoms with E-state index in [2.05, 4.69) is 29.2 Å². The van der Waals surface area contributed by atoms with Gasteiger partial charge in [-0.15, -0.1) is 24.0 Å². The molecule has 1 heterocycles. The molecule has 1 aromatic heterocycles. The third kappa shape index (κ3) is 8.64. The Hall–Kier alpha value is -1.09. The predicted molar refractivity (Wildman–Crippen MR) is 119 cm³/mol. The average molecular weight is 488 g/mol. The molecule has 6 nitrogen and oxygen atoms in total. The van der Waals surface area contributed by atoms with Crippen molar-refractivity contribution in [2.45, 2.75) is 39.2 Å². The van der Waals surface area contributed by atoms with Crippen LogP contribution in [-0.4, -0.2) is 55.8 Å². The van der Waals surface area contributed by atoms with Gasteiger partial charge in [0.05, 0.1) is 19.8 Å². The second-order valence-electron chi connectivity index (χ2n) is 7.37. The first-order valence-electron chi connectivity index (χ1n) is 9.89. The lowest BCUT2D eigenvalue weighted by Crippen LogP contribution is -2.40. The number of likely N-dealkylation sites (N-methyl/N-ethyl adjacent to an activating group) is 1. The van der Waals surface area contributed by atoms with Crippen LogP contribution in [0.15, 0.2) is 23.3 Å². The van der Waals surface area contributed by atoms with Crippen LogP contribution in [0.2, 0.25) is 0 Å². The van der Waals surface area contributed by atoms with Gasteiger partial charge in [0.15, 0.2) is 5.96 Å². The molecule has 0 unspecified atom stereocenters. The minimum absolute atomic E-state index is 0. The lowest BCUT2D eigenvalue weighted by Gasteiger charge is -2.22. The third-order valence-corrected chi connectivity index (χ3v) is 4.69. The van der Waals surface area contributed by atoms with E-state index >= 15 is 0 Å². The van der Waals surface area contributed by atoms with E-state index in [0.717, 1.165) is 56.3 Å². The Morgan fingerprint density at radius 2 is 2.00 bits per heavy atom. The van der Waals surface area contributed by atoms with E-state index < -0.39 is 0 Å². The van der Waals surface area contributed by atoms with Crippen molar-refractivity contribution in [1.29, 1.82) is 0 Å². The van der Waals surface area contributed by atoms with Crippen molar-refractivity contribution < 1.29 is 9.47 Å². The zero-order valence-corrected chi connectivity index (χ0v) is 18.9. The van der Waals surface area contributed by atoms with Gasteiger partial charge in [0.1, 0.15) is 0 Å². The smallest absolute Gasteiger partial charge is 0.213 e. The summed E-state index contributed by atoms with van der Waals surface area (Å²) in [6.45, 7) is 6.81. The molecule has 0 aliphatic heterocycles. The van der Waals surface area contributed by atoms with Crippen LogP contribution in [0.5, 0.6) is 5.88 Å². The molecule has 7 heteroatoms. The summed E-state index contributed by atoms with van der Waals surface area (Å²) in [6, 6.07) is 3.99. The maximum Gasteiger partial charge on any atom is 0.213 e. The molecular formula is C20H33IN4O2. The van der Waals surface area contributed by atoms with Crippen molar-refractivity contribution in [3.8, 4) is 5.88 Å². The van der Waals surface area contributed by atoms with Crippen molar-refractivity contribution in [3.63, 3.8) is 0 Å². The van der Waals surface area contributed by atoms with Gasteiger partial charge in [-0.1, -0.05) is 0 Å². The highest BCUT2D eigenvalue weighted by Gasteiger charge is 2.22. The monoisotopic (exact) mass is 488 g/mol. The first-order chi connectivity index (χ1) is 12.7. The normalized spacial score (nSPS) is 16.6. The number of pyridine rings is 1. The molecule has 152 valence electrons. The molecule has 0 radical (unpaired) electrons. The van der Waals surface area contributed by atoms with Crippen molar-refractivity contribution in [2.75, 3.05) is 40.0 Å². The quantitative estimate of drug-likeness (QED) is 0.224. The fourth-order valence-corrected chi connectivity index (χ4v) is 2.59. The number of nitrogens with zero attached hydrogens (tertiary/aromatic N) is 3. The van der Waals surface area contributed by atoms with Crippen LogP contribution >= 0.6 is 24.0 Å². The molecule has 1 aromatic rings. The number of guanidine groups is 1. The summed E-state index contributed by atoms with van der Waals surface area (Å²) < 4.78 is 11.5. The molecule has 2 aliphatic rings. The first kappa shape index (κ1) is 22.2. The standard InChI is InChI=1S/C20H32N4O2.HI/c1-3-21-20(24(2)10-11-25-14-16-4-5-16)23-13-18-8-9-22-19(12-18)26-15-17-6-7-17;/h8-9,12,16-17H,3-7,10-11,13-15H2,1-2H3,(H,21,23);1H. The zero-order chi connectivity index (χ0) is 18.2. The number of ether oxygens (including phenoxy) is 2. The van der Waals surface area contributed by atoms with Crippen molar-refractivity contribution in [2.24, 2.45) is 16.8 Å². The molecule has 2 aliphatic carbocycles. The van der Waals surface area contributed by atoms with Crippen molar-refractivity contribution in [1.82, 2.24) is 15.2 Å². The van der Waals surface area contributed by atoms with Crippen LogP contribution in [-0.2, 0) is 11.3 Å². The Morgan fingerprint density at radius 1 is 1.26 bits per heavy atom. The highest BCUT2D eigenvalue weighted by molar-refractivity contribution is 14.0. The van der Waals surface area contributed by atoms with Gasteiger partial charge in [0, 0.05) is 39.0 Å². The number of rotatable bonds is 11. The summed E-state index contributed by atoms with van der Waals surface area (Å²) in [5.41, 5.74) is 1.11. The number of halogens is 1. The molecule has 0 spiro atoms. The maximum atomic E-state index is 5.76. The lowest BCUT2D eigenvalue weighted by molar-refractivity contribution is 0.115. The van der Waals surface area contributed by atoms with E-state index in [4.69, 9.17) is 14.5 Å². The summed E-state index contributed by atoms with van der Waals surface area (Å²) in [6.07, 6.45) is 7.03. The predicted octanol–water partition coefficient (Wildman–Crippen LogP) is 3.31. The van der Waals surface area contributed by atoms with Crippen LogP contribution in [0.1, 0.15) is 38.2 Å². The van der Waals surface area contributed by atoms with E-state index in [1.165, 1.54) is 25.7 Å². The fraction of sp³-hybridized carbons (Fsp3) is 0.700. The summed E-state index contributed by atoms with van der Waals surface area (Å²) in [4.78, 5) is 11.2. The van der Waals surface area contributed by atoms with E-state index in [9.17, 15) is 0 Å². The highest BCUT2D eigenvalue weighted by atomic mass is 127. The molecule has 1 N–H and O–H groups in total. The molecule has 0 atom stereocenters. The number of nitrogens with one attached hydrogen (secondary N) is 1. The summed E-state index contributed by atoms with van der Waals surface area (Å²) in [7, 11) is 2.05. The highest BCUT2D eigenvalue weighted by Crippen LogP contribution is 2.29. The Bertz CT molecular complexity index is 591. The number of hydrogen-bond acceptors (Lipinski definition) is 4. The number of aliphatic imine (C=N–C) groups is 1. The van der Waals surface area contributed by atoms with Crippen LogP contribution in [0.25, 0.3) is 0 Å². The van der Waals surface area contributed by atoms with Crippen LogP contribution in [0.3, 0.4) is 0 Å². The van der Waals surface area contributed by atoms with Gasteiger partial charge >= 0.3 is 0 Å². The maximum absolute atomic E-state index is 5.76. The molecule has 0 bridgehead atoms. The second kappa shape index (κ2) is 11.7. The van der Waals surface area contributed by atoms with Gasteiger partial charge in [0.2, 0.25) is 5.88 Å². The van der Waals surface area contributed by atoms with E-state index in [1.807, 2.05) is 12.1 Å². The molecule has 2 fully saturated rings. The van der Waals surface area contributed by atoms with Gasteiger partial charge in [-0.3, -0.25) is 0 Å². The van der Waals surface area contributed by atoms with E-state index in [0.29, 0.717) is 12.4 Å². The molecule has 0 amide bonds. The van der Waals surface area contributed by atoms with Crippen LogP contribution in [0, 0.1) is 11.8 Å². The third-order valence-electron chi connectivity index (χ3n) is 4.69. The van der Waals surface area contributed by atoms with Crippen LogP contribution < -0.4 is 10.1 Å². The lowest BCUT2D eigenvalue weighted by atomic mass is 10.3. The molecule has 0 aromatic carbocycles. The van der Waals surface area contributed by atoms with E-state index in [1.54, 1.807) is 6.20 Å². The Morgan fingerprint density at radius 3 is 2.70 bits per heavy atom. The first-order valence-corrected chi connectivity index (χ1v) is 9.89. The van der Waals surface area contributed by atoms with Crippen molar-refractivity contribution >= 4 is 29.9 Å². The van der Waals surface area contributed by atoms with Crippen LogP contribution in [0.4, 0.5) is 0 Å². The molecule has 0 saturated heterocycles. The van der Waals surface area contributed by atoms with Gasteiger partial charge in [-0.2, -0.15) is 0 Å². The summed E-state index contributed by atoms with van der Waals surface area (Å²) >= 11 is 0. The SMILES string of the molecule is CCNC(=NCc1ccnc(OCC2CC2)c1)N(C)CCOCC1CC1.I. The van der Waals surface area contributed by atoms with Gasteiger partial charge in [-0.25, -0.2) is 9.98 Å². The number of aromatic nitrogens is 1. The largest absolute Gasteiger partial charge is 0.477 e. The summed E-state index contributed by atoms with van der Waals surface area (Å²) in [5.74, 6) is 3.15. The van der Waals surface area contributed by atoms with Gasteiger partial charge in [-0.05, 0) is 56.1 Å². The van der Waals surface area contributed by atoms with Crippen molar-refractivity contribution in [3.05, 3.63) is 23.9 Å². The Balaban J connectivity index is 0.00000261. The van der Waals surface area contributed by atoms with Gasteiger partial charge in [0.25, 0.3) is 0 Å². The molecule has 2 saturated carbocycles. The molecular weight excluding hydrogens is 455 g/mol. The minimum Gasteiger partial charge on any atom is -0.477 e.